The van der Waals surface area contributed by atoms with Crippen molar-refractivity contribution < 1.29 is 9.84 Å². The standard InChI is InChI=1S/C15H32N2O2/c1-5-9-19-14-7-6-8-17(12-14)11-13(18)10-16-15(2,3)4/h13-14,16,18H,5-12H2,1-4H3. The molecule has 0 aliphatic carbocycles. The predicted octanol–water partition coefficient (Wildman–Crippen LogP) is 1.63. The van der Waals surface area contributed by atoms with Gasteiger partial charge in [0.15, 0.2) is 0 Å². The van der Waals surface area contributed by atoms with Gasteiger partial charge in [0.05, 0.1) is 12.2 Å². The topological polar surface area (TPSA) is 44.7 Å². The first-order valence-corrected chi connectivity index (χ1v) is 7.67. The number of piperidine rings is 1. The van der Waals surface area contributed by atoms with Crippen LogP contribution in [0.15, 0.2) is 0 Å². The zero-order valence-corrected chi connectivity index (χ0v) is 13.1. The molecule has 2 N–H and O–H groups in total. The molecule has 0 aromatic heterocycles. The molecule has 4 nitrogen and oxygen atoms in total. The smallest absolute Gasteiger partial charge is 0.0791 e. The molecule has 1 rings (SSSR count). The van der Waals surface area contributed by atoms with Gasteiger partial charge in [0, 0.05) is 31.8 Å². The lowest BCUT2D eigenvalue weighted by Crippen LogP contribution is -2.48. The molecule has 0 bridgehead atoms. The summed E-state index contributed by atoms with van der Waals surface area (Å²) in [6, 6.07) is 0. The minimum Gasteiger partial charge on any atom is -0.390 e. The number of likely N-dealkylation sites (tertiary alicyclic amines) is 1. The Morgan fingerprint density at radius 3 is 2.79 bits per heavy atom. The third-order valence-corrected chi connectivity index (χ3v) is 3.36. The molecule has 2 unspecified atom stereocenters. The van der Waals surface area contributed by atoms with Crippen LogP contribution in [0, 0.1) is 0 Å². The Bertz CT molecular complexity index is 241. The molecule has 1 fully saturated rings. The molecular formula is C15H32N2O2. The van der Waals surface area contributed by atoms with E-state index >= 15 is 0 Å². The Kier molecular flexibility index (Phi) is 7.29. The second-order valence-electron chi connectivity index (χ2n) is 6.68. The fourth-order valence-corrected chi connectivity index (χ4v) is 2.39. The van der Waals surface area contributed by atoms with E-state index in [1.54, 1.807) is 0 Å². The average molecular weight is 272 g/mol. The van der Waals surface area contributed by atoms with Crippen LogP contribution in [0.4, 0.5) is 0 Å². The molecule has 0 spiro atoms. The first-order chi connectivity index (χ1) is 8.90. The number of nitrogens with zero attached hydrogens (tertiary/aromatic N) is 1. The Hall–Kier alpha value is -0.160. The van der Waals surface area contributed by atoms with E-state index in [0.29, 0.717) is 12.6 Å². The molecular weight excluding hydrogens is 240 g/mol. The zero-order valence-electron chi connectivity index (χ0n) is 13.1. The molecule has 0 saturated carbocycles. The monoisotopic (exact) mass is 272 g/mol. The number of nitrogens with one attached hydrogen (secondary N) is 1. The lowest BCUT2D eigenvalue weighted by atomic mass is 10.1. The van der Waals surface area contributed by atoms with Crippen LogP contribution in [0.5, 0.6) is 0 Å². The van der Waals surface area contributed by atoms with Gasteiger partial charge in [-0.1, -0.05) is 6.92 Å². The summed E-state index contributed by atoms with van der Waals surface area (Å²) in [6.07, 6.45) is 3.47. The van der Waals surface area contributed by atoms with Gasteiger partial charge < -0.3 is 15.2 Å². The number of rotatable bonds is 7. The van der Waals surface area contributed by atoms with Gasteiger partial charge in [-0.3, -0.25) is 4.90 Å². The average Bonchev–Trinajstić information content (AvgIpc) is 2.33. The number of hydrogen-bond donors (Lipinski definition) is 2. The highest BCUT2D eigenvalue weighted by Crippen LogP contribution is 2.13. The normalized spacial score (nSPS) is 23.5. The number of β-amino-alcohol motifs (C(OH)–C–C–N with tert-alkyl or cyclic N) is 1. The molecule has 1 aliphatic heterocycles. The lowest BCUT2D eigenvalue weighted by Gasteiger charge is -2.34. The number of aliphatic hydroxyl groups is 1. The summed E-state index contributed by atoms with van der Waals surface area (Å²) in [5.74, 6) is 0. The number of hydrogen-bond acceptors (Lipinski definition) is 4. The van der Waals surface area contributed by atoms with Crippen molar-refractivity contribution in [2.75, 3.05) is 32.8 Å². The maximum absolute atomic E-state index is 10.1. The number of ether oxygens (including phenoxy) is 1. The molecule has 0 aromatic carbocycles. The summed E-state index contributed by atoms with van der Waals surface area (Å²) in [7, 11) is 0. The molecule has 19 heavy (non-hydrogen) atoms. The Labute approximate surface area is 118 Å². The van der Waals surface area contributed by atoms with Gasteiger partial charge in [0.25, 0.3) is 0 Å². The van der Waals surface area contributed by atoms with Gasteiger partial charge in [-0.2, -0.15) is 0 Å². The Morgan fingerprint density at radius 1 is 1.42 bits per heavy atom. The fraction of sp³-hybridized carbons (Fsp3) is 1.00. The van der Waals surface area contributed by atoms with E-state index in [2.05, 4.69) is 37.9 Å². The van der Waals surface area contributed by atoms with Crippen LogP contribution in [-0.4, -0.2) is 60.5 Å². The van der Waals surface area contributed by atoms with Gasteiger partial charge in [-0.05, 0) is 46.6 Å². The van der Waals surface area contributed by atoms with Crippen LogP contribution in [0.2, 0.25) is 0 Å². The van der Waals surface area contributed by atoms with Crippen LogP contribution in [0.1, 0.15) is 47.0 Å². The van der Waals surface area contributed by atoms with Gasteiger partial charge in [-0.15, -0.1) is 0 Å². The van der Waals surface area contributed by atoms with Crippen molar-refractivity contribution in [3.05, 3.63) is 0 Å². The second-order valence-corrected chi connectivity index (χ2v) is 6.68. The van der Waals surface area contributed by atoms with Crippen molar-refractivity contribution in [2.45, 2.75) is 64.7 Å². The van der Waals surface area contributed by atoms with E-state index in [1.807, 2.05) is 0 Å². The van der Waals surface area contributed by atoms with Crippen LogP contribution in [0.3, 0.4) is 0 Å². The molecule has 1 heterocycles. The largest absolute Gasteiger partial charge is 0.390 e. The van der Waals surface area contributed by atoms with E-state index in [1.165, 1.54) is 6.42 Å². The highest BCUT2D eigenvalue weighted by atomic mass is 16.5. The van der Waals surface area contributed by atoms with E-state index in [-0.39, 0.29) is 11.6 Å². The lowest BCUT2D eigenvalue weighted by molar-refractivity contribution is -0.0119. The van der Waals surface area contributed by atoms with Crippen molar-refractivity contribution in [2.24, 2.45) is 0 Å². The van der Waals surface area contributed by atoms with Gasteiger partial charge >= 0.3 is 0 Å². The minimum absolute atomic E-state index is 0.0651. The van der Waals surface area contributed by atoms with Crippen LogP contribution < -0.4 is 5.32 Å². The van der Waals surface area contributed by atoms with Gasteiger partial charge in [-0.25, -0.2) is 0 Å². The predicted molar refractivity (Wildman–Crippen MR) is 79.5 cm³/mol. The molecule has 114 valence electrons. The fourth-order valence-electron chi connectivity index (χ4n) is 2.39. The van der Waals surface area contributed by atoms with Crippen molar-refractivity contribution in [3.8, 4) is 0 Å². The first kappa shape index (κ1) is 16.9. The summed E-state index contributed by atoms with van der Waals surface area (Å²) in [6.45, 7) is 12.8. The maximum atomic E-state index is 10.1. The summed E-state index contributed by atoms with van der Waals surface area (Å²) in [5, 5.41) is 13.4. The molecule has 0 amide bonds. The summed E-state index contributed by atoms with van der Waals surface area (Å²) < 4.78 is 5.82. The molecule has 0 radical (unpaired) electrons. The highest BCUT2D eigenvalue weighted by molar-refractivity contribution is 4.78. The third-order valence-electron chi connectivity index (χ3n) is 3.36. The van der Waals surface area contributed by atoms with E-state index in [9.17, 15) is 5.11 Å². The Morgan fingerprint density at radius 2 is 2.16 bits per heavy atom. The van der Waals surface area contributed by atoms with Crippen LogP contribution in [0.25, 0.3) is 0 Å². The summed E-state index contributed by atoms with van der Waals surface area (Å²) in [4.78, 5) is 2.33. The van der Waals surface area contributed by atoms with E-state index in [0.717, 1.165) is 39.1 Å². The van der Waals surface area contributed by atoms with E-state index in [4.69, 9.17) is 4.74 Å². The second kappa shape index (κ2) is 8.20. The van der Waals surface area contributed by atoms with Crippen molar-refractivity contribution in [1.29, 1.82) is 0 Å². The number of aliphatic hydroxyl groups excluding tert-OH is 1. The molecule has 4 heteroatoms. The molecule has 0 aromatic rings. The van der Waals surface area contributed by atoms with Crippen LogP contribution in [-0.2, 0) is 4.74 Å². The Balaban J connectivity index is 2.23. The maximum Gasteiger partial charge on any atom is 0.0791 e. The van der Waals surface area contributed by atoms with Crippen molar-refractivity contribution in [1.82, 2.24) is 10.2 Å². The third kappa shape index (κ3) is 7.88. The first-order valence-electron chi connectivity index (χ1n) is 7.67. The SMILES string of the molecule is CCCOC1CCCN(CC(O)CNC(C)(C)C)C1. The van der Waals surface area contributed by atoms with E-state index < -0.39 is 0 Å². The van der Waals surface area contributed by atoms with Gasteiger partial charge in [0.1, 0.15) is 0 Å². The minimum atomic E-state index is -0.302. The van der Waals surface area contributed by atoms with Gasteiger partial charge in [0.2, 0.25) is 0 Å². The molecule has 1 aliphatic rings. The quantitative estimate of drug-likeness (QED) is 0.739. The summed E-state index contributed by atoms with van der Waals surface area (Å²) in [5.41, 5.74) is 0.0651. The molecule has 1 saturated heterocycles. The molecule has 2 atom stereocenters. The zero-order chi connectivity index (χ0) is 14.3. The van der Waals surface area contributed by atoms with Crippen molar-refractivity contribution >= 4 is 0 Å². The van der Waals surface area contributed by atoms with Crippen molar-refractivity contribution in [3.63, 3.8) is 0 Å². The van der Waals surface area contributed by atoms with Crippen LogP contribution >= 0.6 is 0 Å². The summed E-state index contributed by atoms with van der Waals surface area (Å²) >= 11 is 0. The highest BCUT2D eigenvalue weighted by Gasteiger charge is 2.22.